The van der Waals surface area contributed by atoms with Crippen LogP contribution in [0.1, 0.15) is 39.4 Å². The average molecular weight is 469 g/mol. The lowest BCUT2D eigenvalue weighted by atomic mass is 9.90. The van der Waals surface area contributed by atoms with Crippen molar-refractivity contribution in [1.82, 2.24) is 24.9 Å². The topological polar surface area (TPSA) is 119 Å². The van der Waals surface area contributed by atoms with Gasteiger partial charge in [0.15, 0.2) is 16.9 Å². The first-order valence-corrected chi connectivity index (χ1v) is 10.8. The van der Waals surface area contributed by atoms with Crippen molar-refractivity contribution in [1.29, 1.82) is 0 Å². The predicted molar refractivity (Wildman–Crippen MR) is 118 cm³/mol. The zero-order chi connectivity index (χ0) is 24.4. The summed E-state index contributed by atoms with van der Waals surface area (Å²) in [6.07, 6.45) is 2.36. The summed E-state index contributed by atoms with van der Waals surface area (Å²) in [5, 5.41) is 3.64. The number of carbonyl (C=O) groups is 3. The van der Waals surface area contributed by atoms with Crippen LogP contribution >= 0.6 is 0 Å². The molecular formula is C23H24FN5O5. The van der Waals surface area contributed by atoms with E-state index in [9.17, 15) is 18.8 Å². The van der Waals surface area contributed by atoms with Gasteiger partial charge in [-0.2, -0.15) is 4.98 Å². The maximum Gasteiger partial charge on any atom is 0.296 e. The molecule has 11 heteroatoms. The standard InChI is InChI=1S/C23H24FN5O5/c1-28(2)23(32)19(30)16-17-21(34-27-16)26-20(33-3)18(25-17)22(31)29-10-8-14(9-11-29)12-13-4-6-15(24)7-5-13/h4-7,14H,8-12H2,1-3H3. The number of piperidine rings is 1. The van der Waals surface area contributed by atoms with E-state index in [1.165, 1.54) is 33.3 Å². The van der Waals surface area contributed by atoms with E-state index in [0.717, 1.165) is 29.7 Å². The number of Topliss-reactive ketones (excluding diaryl/α,β-unsaturated/α-hetero) is 1. The third-order valence-electron chi connectivity index (χ3n) is 5.83. The van der Waals surface area contributed by atoms with E-state index in [1.807, 2.05) is 0 Å². The Morgan fingerprint density at radius 2 is 1.79 bits per heavy atom. The number of amides is 2. The fourth-order valence-corrected chi connectivity index (χ4v) is 3.93. The van der Waals surface area contributed by atoms with Gasteiger partial charge in [-0.25, -0.2) is 9.37 Å². The Kier molecular flexibility index (Phi) is 6.53. The largest absolute Gasteiger partial charge is 0.479 e. The number of aromatic nitrogens is 3. The van der Waals surface area contributed by atoms with Gasteiger partial charge in [-0.1, -0.05) is 17.3 Å². The highest BCUT2D eigenvalue weighted by atomic mass is 19.1. The summed E-state index contributed by atoms with van der Waals surface area (Å²) in [6.45, 7) is 1.00. The van der Waals surface area contributed by atoms with Gasteiger partial charge in [0.1, 0.15) is 5.82 Å². The Labute approximate surface area is 194 Å². The Bertz CT molecular complexity index is 1230. The molecule has 1 aliphatic heterocycles. The summed E-state index contributed by atoms with van der Waals surface area (Å²) < 4.78 is 23.4. The Morgan fingerprint density at radius 1 is 1.12 bits per heavy atom. The number of carbonyl (C=O) groups excluding carboxylic acids is 3. The smallest absolute Gasteiger partial charge is 0.296 e. The number of likely N-dealkylation sites (N-methyl/N-ethyl adjacent to an activating group) is 1. The van der Waals surface area contributed by atoms with Crippen LogP contribution in [0.15, 0.2) is 28.8 Å². The molecule has 0 saturated carbocycles. The first kappa shape index (κ1) is 23.3. The minimum absolute atomic E-state index is 0.0555. The van der Waals surface area contributed by atoms with Crippen LogP contribution in [0.25, 0.3) is 11.2 Å². The molecule has 1 aliphatic rings. The number of benzene rings is 1. The third kappa shape index (κ3) is 4.59. The predicted octanol–water partition coefficient (Wildman–Crippen LogP) is 2.13. The van der Waals surface area contributed by atoms with Crippen molar-refractivity contribution in [2.45, 2.75) is 19.3 Å². The summed E-state index contributed by atoms with van der Waals surface area (Å²) in [4.78, 5) is 49.0. The minimum atomic E-state index is -0.914. The van der Waals surface area contributed by atoms with Gasteiger partial charge in [0.25, 0.3) is 23.3 Å². The lowest BCUT2D eigenvalue weighted by molar-refractivity contribution is -0.124. The van der Waals surface area contributed by atoms with Gasteiger partial charge in [-0.15, -0.1) is 0 Å². The Hall–Kier alpha value is -3.89. The molecule has 0 radical (unpaired) electrons. The maximum absolute atomic E-state index is 13.3. The molecule has 2 aromatic heterocycles. The molecular weight excluding hydrogens is 445 g/mol. The van der Waals surface area contributed by atoms with Crippen LogP contribution in [0.5, 0.6) is 5.88 Å². The van der Waals surface area contributed by atoms with Crippen LogP contribution in [0, 0.1) is 11.7 Å². The number of hydrogen-bond acceptors (Lipinski definition) is 8. The number of rotatable bonds is 6. The van der Waals surface area contributed by atoms with Crippen LogP contribution in [0.3, 0.4) is 0 Å². The highest BCUT2D eigenvalue weighted by molar-refractivity contribution is 6.43. The van der Waals surface area contributed by atoms with Crippen LogP contribution in [-0.2, 0) is 11.2 Å². The summed E-state index contributed by atoms with van der Waals surface area (Å²) in [5.41, 5.74) is 0.482. The van der Waals surface area contributed by atoms with Crippen LogP contribution in [0.4, 0.5) is 4.39 Å². The number of nitrogens with zero attached hydrogens (tertiary/aromatic N) is 5. The fraction of sp³-hybridized carbons (Fsp3) is 0.391. The monoisotopic (exact) mass is 469 g/mol. The molecule has 1 aromatic carbocycles. The molecule has 1 saturated heterocycles. The number of ether oxygens (including phenoxy) is 1. The second-order valence-corrected chi connectivity index (χ2v) is 8.36. The SMILES string of the molecule is COc1nc2onc(C(=O)C(=O)N(C)C)c2nc1C(=O)N1CCC(Cc2ccc(F)cc2)CC1. The zero-order valence-corrected chi connectivity index (χ0v) is 19.1. The van der Waals surface area contributed by atoms with Crippen molar-refractivity contribution in [2.75, 3.05) is 34.3 Å². The van der Waals surface area contributed by atoms with Crippen molar-refractivity contribution < 1.29 is 28.0 Å². The van der Waals surface area contributed by atoms with Crippen LogP contribution in [-0.4, -0.2) is 76.8 Å². The molecule has 4 rings (SSSR count). The van der Waals surface area contributed by atoms with E-state index in [0.29, 0.717) is 19.0 Å². The highest BCUT2D eigenvalue weighted by Gasteiger charge is 2.31. The summed E-state index contributed by atoms with van der Waals surface area (Å²) in [7, 11) is 4.22. The van der Waals surface area contributed by atoms with Gasteiger partial charge < -0.3 is 19.1 Å². The number of likely N-dealkylation sites (tertiary alicyclic amines) is 1. The van der Waals surface area contributed by atoms with Gasteiger partial charge in [-0.3, -0.25) is 14.4 Å². The first-order valence-electron chi connectivity index (χ1n) is 10.8. The van der Waals surface area contributed by atoms with Crippen molar-refractivity contribution in [2.24, 2.45) is 5.92 Å². The molecule has 10 nitrogen and oxygen atoms in total. The summed E-state index contributed by atoms with van der Waals surface area (Å²) in [6, 6.07) is 6.46. The zero-order valence-electron chi connectivity index (χ0n) is 19.1. The van der Waals surface area contributed by atoms with E-state index in [2.05, 4.69) is 15.1 Å². The molecule has 0 unspecified atom stereocenters. The van der Waals surface area contributed by atoms with Gasteiger partial charge in [-0.05, 0) is 42.9 Å². The quantitative estimate of drug-likeness (QED) is 0.398. The van der Waals surface area contributed by atoms with Crippen molar-refractivity contribution in [3.05, 3.63) is 47.0 Å². The van der Waals surface area contributed by atoms with E-state index >= 15 is 0 Å². The normalized spacial score (nSPS) is 14.3. The number of hydrogen-bond donors (Lipinski definition) is 0. The molecule has 1 fully saturated rings. The molecule has 3 aromatic rings. The van der Waals surface area contributed by atoms with Crippen molar-refractivity contribution >= 4 is 28.8 Å². The molecule has 0 bridgehead atoms. The van der Waals surface area contributed by atoms with E-state index in [-0.39, 0.29) is 34.3 Å². The number of fused-ring (bicyclic) bond motifs is 1. The highest BCUT2D eigenvalue weighted by Crippen LogP contribution is 2.26. The summed E-state index contributed by atoms with van der Waals surface area (Å²) in [5.74, 6) is -2.07. The lowest BCUT2D eigenvalue weighted by Crippen LogP contribution is -2.39. The van der Waals surface area contributed by atoms with E-state index in [1.54, 1.807) is 17.0 Å². The van der Waals surface area contributed by atoms with Crippen molar-refractivity contribution in [3.8, 4) is 5.88 Å². The molecule has 0 aliphatic carbocycles. The van der Waals surface area contributed by atoms with Crippen LogP contribution in [0.2, 0.25) is 0 Å². The fourth-order valence-electron chi connectivity index (χ4n) is 3.93. The Balaban J connectivity index is 1.52. The molecule has 2 amide bonds. The Morgan fingerprint density at radius 3 is 2.41 bits per heavy atom. The third-order valence-corrected chi connectivity index (χ3v) is 5.83. The molecule has 178 valence electrons. The van der Waals surface area contributed by atoms with Gasteiger partial charge in [0.05, 0.1) is 7.11 Å². The molecule has 3 heterocycles. The van der Waals surface area contributed by atoms with Gasteiger partial charge in [0.2, 0.25) is 5.88 Å². The second-order valence-electron chi connectivity index (χ2n) is 8.36. The average Bonchev–Trinajstić information content (AvgIpc) is 3.26. The second kappa shape index (κ2) is 9.54. The first-order chi connectivity index (χ1) is 16.3. The minimum Gasteiger partial charge on any atom is -0.479 e. The van der Waals surface area contributed by atoms with Crippen LogP contribution < -0.4 is 4.74 Å². The maximum atomic E-state index is 13.3. The van der Waals surface area contributed by atoms with Crippen molar-refractivity contribution in [3.63, 3.8) is 0 Å². The van der Waals surface area contributed by atoms with Gasteiger partial charge in [0, 0.05) is 27.2 Å². The molecule has 34 heavy (non-hydrogen) atoms. The molecule has 0 spiro atoms. The number of halogens is 1. The number of methoxy groups -OCH3 is 1. The van der Waals surface area contributed by atoms with E-state index in [4.69, 9.17) is 9.26 Å². The van der Waals surface area contributed by atoms with E-state index < -0.39 is 17.6 Å². The lowest BCUT2D eigenvalue weighted by Gasteiger charge is -2.32. The number of ketones is 1. The van der Waals surface area contributed by atoms with Gasteiger partial charge >= 0.3 is 0 Å². The molecule has 0 atom stereocenters. The molecule has 0 N–H and O–H groups in total. The summed E-state index contributed by atoms with van der Waals surface area (Å²) >= 11 is 0.